The number of hydrogen-bond acceptors (Lipinski definition) is 6. The van der Waals surface area contributed by atoms with E-state index in [4.69, 9.17) is 19.9 Å². The zero-order chi connectivity index (χ0) is 20.5. The summed E-state index contributed by atoms with van der Waals surface area (Å²) in [6.45, 7) is 4.90. The van der Waals surface area contributed by atoms with Gasteiger partial charge >= 0.3 is 0 Å². The van der Waals surface area contributed by atoms with Crippen LogP contribution < -0.4 is 10.5 Å². The Kier molecular flexibility index (Phi) is 8.30. The zero-order valence-corrected chi connectivity index (χ0v) is 18.3. The molecule has 0 radical (unpaired) electrons. The van der Waals surface area contributed by atoms with Gasteiger partial charge < -0.3 is 19.9 Å². The quantitative estimate of drug-likeness (QED) is 0.452. The van der Waals surface area contributed by atoms with Crippen molar-refractivity contribution < 1.29 is 19.0 Å². The number of rotatable bonds is 10. The third kappa shape index (κ3) is 6.16. The van der Waals surface area contributed by atoms with Crippen LogP contribution in [0.25, 0.3) is 0 Å². The standard InChI is InChI=1S/C21H27N2O4PS/c1-28(21(20(22)24)8-12-25-13-9-21)29-19-4-2-18(3-5-19)27-15-14-26-16-17-6-10-23-11-7-17/h2-7,10-11H,8-9,12-16H2,1H3,(H2,22,24). The molecule has 1 fully saturated rings. The van der Waals surface area contributed by atoms with E-state index in [1.165, 1.54) is 0 Å². The van der Waals surface area contributed by atoms with Gasteiger partial charge in [-0.15, -0.1) is 0 Å². The summed E-state index contributed by atoms with van der Waals surface area (Å²) in [5.74, 6) is 0.603. The number of primary amides is 1. The molecule has 156 valence electrons. The van der Waals surface area contributed by atoms with Crippen molar-refractivity contribution in [3.05, 3.63) is 54.4 Å². The Morgan fingerprint density at radius 3 is 2.52 bits per heavy atom. The average Bonchev–Trinajstić information content (AvgIpc) is 2.75. The number of amides is 1. The molecule has 8 heteroatoms. The van der Waals surface area contributed by atoms with Gasteiger partial charge in [0.25, 0.3) is 0 Å². The summed E-state index contributed by atoms with van der Waals surface area (Å²) in [7, 11) is -0.650. The fraction of sp³-hybridized carbons (Fsp3) is 0.429. The zero-order valence-electron chi connectivity index (χ0n) is 16.6. The summed E-state index contributed by atoms with van der Waals surface area (Å²) in [5, 5.41) is -0.445. The molecule has 29 heavy (non-hydrogen) atoms. The Labute approximate surface area is 177 Å². The van der Waals surface area contributed by atoms with Crippen LogP contribution >= 0.6 is 18.5 Å². The second-order valence-electron chi connectivity index (χ2n) is 6.82. The maximum absolute atomic E-state index is 12.2. The molecule has 1 aromatic carbocycles. The minimum absolute atomic E-state index is 0.200. The first-order valence-electron chi connectivity index (χ1n) is 9.59. The van der Waals surface area contributed by atoms with Gasteiger partial charge in [-0.1, -0.05) is 11.4 Å². The van der Waals surface area contributed by atoms with E-state index in [-0.39, 0.29) is 5.91 Å². The van der Waals surface area contributed by atoms with Crippen LogP contribution in [0.1, 0.15) is 18.4 Å². The number of carbonyl (C=O) groups is 1. The molecule has 1 atom stereocenters. The number of carbonyl (C=O) groups excluding carboxylic acids is 1. The first kappa shape index (κ1) is 22.0. The molecule has 0 aliphatic carbocycles. The molecule has 0 spiro atoms. The van der Waals surface area contributed by atoms with Gasteiger partial charge in [0.05, 0.1) is 18.4 Å². The van der Waals surface area contributed by atoms with E-state index in [0.29, 0.717) is 45.9 Å². The lowest BCUT2D eigenvalue weighted by molar-refractivity contribution is -0.122. The van der Waals surface area contributed by atoms with Gasteiger partial charge in [0.1, 0.15) is 12.4 Å². The van der Waals surface area contributed by atoms with Gasteiger partial charge in [-0.25, -0.2) is 0 Å². The van der Waals surface area contributed by atoms with Gasteiger partial charge in [-0.2, -0.15) is 0 Å². The third-order valence-electron chi connectivity index (χ3n) is 4.96. The SMILES string of the molecule is CP(Sc1ccc(OCCOCc2ccncc2)cc1)C1(C(N)=O)CCOCC1. The summed E-state index contributed by atoms with van der Waals surface area (Å²) in [5.41, 5.74) is 6.86. The van der Waals surface area contributed by atoms with Crippen molar-refractivity contribution in [1.29, 1.82) is 0 Å². The maximum Gasteiger partial charge on any atom is 0.228 e. The first-order valence-corrected chi connectivity index (χ1v) is 12.8. The summed E-state index contributed by atoms with van der Waals surface area (Å²) in [6, 6.07) is 11.8. The van der Waals surface area contributed by atoms with Crippen LogP contribution in [0.15, 0.2) is 53.7 Å². The van der Waals surface area contributed by atoms with Crippen LogP contribution in [0.5, 0.6) is 5.75 Å². The first-order chi connectivity index (χ1) is 14.1. The number of nitrogens with zero attached hydrogens (tertiary/aromatic N) is 1. The van der Waals surface area contributed by atoms with Crippen LogP contribution in [-0.4, -0.2) is 49.1 Å². The van der Waals surface area contributed by atoms with Crippen molar-refractivity contribution in [2.45, 2.75) is 29.5 Å². The summed E-state index contributed by atoms with van der Waals surface area (Å²) in [6.07, 6.45) is 4.92. The Morgan fingerprint density at radius 1 is 1.17 bits per heavy atom. The predicted molar refractivity (Wildman–Crippen MR) is 117 cm³/mol. The van der Waals surface area contributed by atoms with E-state index in [0.717, 1.165) is 16.2 Å². The number of pyridine rings is 1. The molecular formula is C21H27N2O4PS. The molecule has 1 aliphatic heterocycles. The molecular weight excluding hydrogens is 407 g/mol. The van der Waals surface area contributed by atoms with Crippen LogP contribution in [0.3, 0.4) is 0 Å². The Morgan fingerprint density at radius 2 is 1.86 bits per heavy atom. The van der Waals surface area contributed by atoms with Gasteiger partial charge in [-0.3, -0.25) is 9.78 Å². The van der Waals surface area contributed by atoms with Crippen LogP contribution in [0, 0.1) is 0 Å². The molecule has 1 aliphatic rings. The topological polar surface area (TPSA) is 83.7 Å². The van der Waals surface area contributed by atoms with Crippen molar-refractivity contribution in [3.63, 3.8) is 0 Å². The van der Waals surface area contributed by atoms with E-state index in [9.17, 15) is 4.79 Å². The second-order valence-corrected chi connectivity index (χ2v) is 11.5. The second kappa shape index (κ2) is 10.9. The number of aromatic nitrogens is 1. The highest BCUT2D eigenvalue weighted by molar-refractivity contribution is 8.56. The van der Waals surface area contributed by atoms with Crippen molar-refractivity contribution in [2.75, 3.05) is 33.1 Å². The number of benzene rings is 1. The Balaban J connectivity index is 1.44. The molecule has 1 unspecified atom stereocenters. The molecule has 2 N–H and O–H groups in total. The molecule has 2 heterocycles. The largest absolute Gasteiger partial charge is 0.491 e. The summed E-state index contributed by atoms with van der Waals surface area (Å²) >= 11 is 1.74. The molecule has 1 amide bonds. The molecule has 1 saturated heterocycles. The molecule has 1 aromatic heterocycles. The van der Waals surface area contributed by atoms with Crippen molar-refractivity contribution in [1.82, 2.24) is 4.98 Å². The van der Waals surface area contributed by atoms with E-state index in [2.05, 4.69) is 11.6 Å². The summed E-state index contributed by atoms with van der Waals surface area (Å²) < 4.78 is 16.8. The molecule has 0 saturated carbocycles. The third-order valence-corrected chi connectivity index (χ3v) is 10.1. The monoisotopic (exact) mass is 434 g/mol. The van der Waals surface area contributed by atoms with Crippen molar-refractivity contribution >= 4 is 24.4 Å². The van der Waals surface area contributed by atoms with Crippen molar-refractivity contribution in [2.24, 2.45) is 5.73 Å². The molecule has 6 nitrogen and oxygen atoms in total. The highest BCUT2D eigenvalue weighted by atomic mass is 32.7. The smallest absolute Gasteiger partial charge is 0.228 e. The molecule has 2 aromatic rings. The van der Waals surface area contributed by atoms with Gasteiger partial charge in [0.15, 0.2) is 0 Å². The van der Waals surface area contributed by atoms with Gasteiger partial charge in [0.2, 0.25) is 5.91 Å². The van der Waals surface area contributed by atoms with Gasteiger partial charge in [-0.05, 0) is 68.6 Å². The number of hydrogen-bond donors (Lipinski definition) is 1. The number of nitrogens with two attached hydrogens (primary N) is 1. The summed E-state index contributed by atoms with van der Waals surface area (Å²) in [4.78, 5) is 17.3. The molecule has 0 bridgehead atoms. The lowest BCUT2D eigenvalue weighted by atomic mass is 9.98. The van der Waals surface area contributed by atoms with Crippen molar-refractivity contribution in [3.8, 4) is 5.75 Å². The lowest BCUT2D eigenvalue weighted by Gasteiger charge is -2.38. The van der Waals surface area contributed by atoms with E-state index < -0.39 is 12.3 Å². The number of ether oxygens (including phenoxy) is 3. The minimum Gasteiger partial charge on any atom is -0.491 e. The fourth-order valence-electron chi connectivity index (χ4n) is 3.16. The fourth-order valence-corrected chi connectivity index (χ4v) is 7.68. The minimum atomic E-state index is -0.650. The van der Waals surface area contributed by atoms with E-state index in [1.54, 1.807) is 23.8 Å². The predicted octanol–water partition coefficient (Wildman–Crippen LogP) is 3.83. The Bertz CT molecular complexity index is 770. The van der Waals surface area contributed by atoms with E-state index >= 15 is 0 Å². The van der Waals surface area contributed by atoms with Gasteiger partial charge in [0, 0.05) is 30.5 Å². The lowest BCUT2D eigenvalue weighted by Crippen LogP contribution is -2.45. The van der Waals surface area contributed by atoms with E-state index in [1.807, 2.05) is 36.4 Å². The Hall–Kier alpha value is -1.66. The highest BCUT2D eigenvalue weighted by Gasteiger charge is 2.43. The normalized spacial score (nSPS) is 16.9. The average molecular weight is 434 g/mol. The highest BCUT2D eigenvalue weighted by Crippen LogP contribution is 2.63. The van der Waals surface area contributed by atoms with Crippen LogP contribution in [0.4, 0.5) is 0 Å². The molecule has 3 rings (SSSR count). The maximum atomic E-state index is 12.2. The van der Waals surface area contributed by atoms with Crippen LogP contribution in [-0.2, 0) is 20.9 Å². The van der Waals surface area contributed by atoms with Crippen LogP contribution in [0.2, 0.25) is 0 Å².